The van der Waals surface area contributed by atoms with E-state index < -0.39 is 0 Å². The van der Waals surface area contributed by atoms with Crippen molar-refractivity contribution in [2.24, 2.45) is 5.18 Å². The van der Waals surface area contributed by atoms with E-state index >= 15 is 0 Å². The lowest BCUT2D eigenvalue weighted by Crippen LogP contribution is -1.82. The smallest absolute Gasteiger partial charge is 0.210 e. The predicted octanol–water partition coefficient (Wildman–Crippen LogP) is 6.28. The van der Waals surface area contributed by atoms with Crippen LogP contribution in [-0.2, 0) is 0 Å². The third-order valence-electron chi connectivity index (χ3n) is 4.47. The van der Waals surface area contributed by atoms with Crippen LogP contribution in [0.3, 0.4) is 0 Å². The Bertz CT molecular complexity index is 1240. The summed E-state index contributed by atoms with van der Waals surface area (Å²) >= 11 is 1.57. The van der Waals surface area contributed by atoms with Crippen molar-refractivity contribution in [3.63, 3.8) is 0 Å². The van der Waals surface area contributed by atoms with Crippen molar-refractivity contribution in [1.82, 2.24) is 9.38 Å². The van der Waals surface area contributed by atoms with Gasteiger partial charge >= 0.3 is 0 Å². The molecule has 0 unspecified atom stereocenters. The molecule has 0 spiro atoms. The van der Waals surface area contributed by atoms with Crippen LogP contribution in [0.4, 0.5) is 5.82 Å². The molecule has 3 aromatic carbocycles. The van der Waals surface area contributed by atoms with Gasteiger partial charge in [0.15, 0.2) is 4.96 Å². The summed E-state index contributed by atoms with van der Waals surface area (Å²) in [5.41, 5.74) is 4.78. The van der Waals surface area contributed by atoms with Gasteiger partial charge in [0.05, 0.1) is 10.2 Å². The van der Waals surface area contributed by atoms with Gasteiger partial charge in [0.25, 0.3) is 0 Å². The Labute approximate surface area is 153 Å². The molecule has 2 aromatic heterocycles. The van der Waals surface area contributed by atoms with Crippen molar-refractivity contribution in [3.8, 4) is 22.4 Å². The van der Waals surface area contributed by atoms with Gasteiger partial charge < -0.3 is 0 Å². The molecule has 4 nitrogen and oxygen atoms in total. The van der Waals surface area contributed by atoms with Gasteiger partial charge in [-0.25, -0.2) is 4.98 Å². The maximum absolute atomic E-state index is 11.6. The van der Waals surface area contributed by atoms with Crippen LogP contribution in [0.15, 0.2) is 84.0 Å². The number of hydrogen-bond donors (Lipinski definition) is 0. The number of aromatic nitrogens is 2. The molecular formula is C21H13N3OS. The largest absolute Gasteiger partial charge is 0.264 e. The highest BCUT2D eigenvalue weighted by atomic mass is 32.1. The molecule has 0 saturated heterocycles. The SMILES string of the molecule is O=Nc1c(-c2ccccc2)nc2sc3cc(-c4ccccc4)ccc3n12. The van der Waals surface area contributed by atoms with Crippen molar-refractivity contribution < 1.29 is 0 Å². The summed E-state index contributed by atoms with van der Waals surface area (Å²) < 4.78 is 2.93. The van der Waals surface area contributed by atoms with E-state index in [-0.39, 0.29) is 0 Å². The Morgan fingerprint density at radius 1 is 0.808 bits per heavy atom. The standard InChI is InChI=1S/C21H13N3OS/c25-23-20-19(15-9-5-2-6-10-15)22-21-24(20)17-12-11-16(13-18(17)26-21)14-7-3-1-4-8-14/h1-13H. The Hall–Kier alpha value is -3.31. The number of fused-ring (bicyclic) bond motifs is 3. The van der Waals surface area contributed by atoms with Crippen molar-refractivity contribution >= 4 is 32.3 Å². The highest BCUT2D eigenvalue weighted by Crippen LogP contribution is 2.38. The highest BCUT2D eigenvalue weighted by Gasteiger charge is 2.19. The lowest BCUT2D eigenvalue weighted by atomic mass is 10.1. The van der Waals surface area contributed by atoms with Crippen LogP contribution in [-0.4, -0.2) is 9.38 Å². The number of imidazole rings is 1. The molecule has 0 aliphatic rings. The molecule has 0 N–H and O–H groups in total. The van der Waals surface area contributed by atoms with Crippen molar-refractivity contribution in [2.45, 2.75) is 0 Å². The zero-order chi connectivity index (χ0) is 17.5. The van der Waals surface area contributed by atoms with E-state index in [1.807, 2.05) is 59.0 Å². The molecule has 124 valence electrons. The van der Waals surface area contributed by atoms with Crippen LogP contribution < -0.4 is 0 Å². The van der Waals surface area contributed by atoms with Gasteiger partial charge in [0.1, 0.15) is 5.69 Å². The molecule has 0 fully saturated rings. The topological polar surface area (TPSA) is 46.7 Å². The zero-order valence-electron chi connectivity index (χ0n) is 13.7. The predicted molar refractivity (Wildman–Crippen MR) is 107 cm³/mol. The molecule has 0 bridgehead atoms. The van der Waals surface area contributed by atoms with E-state index in [0.717, 1.165) is 26.3 Å². The lowest BCUT2D eigenvalue weighted by Gasteiger charge is -2.02. The van der Waals surface area contributed by atoms with E-state index in [1.165, 1.54) is 5.56 Å². The fourth-order valence-corrected chi connectivity index (χ4v) is 4.30. The summed E-state index contributed by atoms with van der Waals surface area (Å²) in [7, 11) is 0. The summed E-state index contributed by atoms with van der Waals surface area (Å²) in [6, 6.07) is 26.2. The number of hydrogen-bond acceptors (Lipinski definition) is 4. The van der Waals surface area contributed by atoms with Crippen LogP contribution in [0.1, 0.15) is 0 Å². The lowest BCUT2D eigenvalue weighted by molar-refractivity contribution is 1.25. The first-order valence-electron chi connectivity index (χ1n) is 8.24. The van der Waals surface area contributed by atoms with Gasteiger partial charge in [0, 0.05) is 5.56 Å². The average Bonchev–Trinajstić information content (AvgIpc) is 3.24. The van der Waals surface area contributed by atoms with E-state index in [9.17, 15) is 4.91 Å². The first kappa shape index (κ1) is 15.0. The zero-order valence-corrected chi connectivity index (χ0v) is 14.5. The second-order valence-electron chi connectivity index (χ2n) is 6.01. The normalized spacial score (nSPS) is 11.2. The van der Waals surface area contributed by atoms with Crippen LogP contribution >= 0.6 is 11.3 Å². The van der Waals surface area contributed by atoms with E-state index in [1.54, 1.807) is 11.3 Å². The van der Waals surface area contributed by atoms with Gasteiger partial charge in [0.2, 0.25) is 5.82 Å². The molecule has 5 heteroatoms. The van der Waals surface area contributed by atoms with Crippen molar-refractivity contribution in [1.29, 1.82) is 0 Å². The maximum Gasteiger partial charge on any atom is 0.210 e. The van der Waals surface area contributed by atoms with E-state index in [0.29, 0.717) is 11.5 Å². The molecular weight excluding hydrogens is 342 g/mol. The molecule has 5 aromatic rings. The van der Waals surface area contributed by atoms with Gasteiger partial charge in [-0.2, -0.15) is 0 Å². The number of benzene rings is 3. The van der Waals surface area contributed by atoms with Crippen LogP contribution in [0, 0.1) is 4.91 Å². The number of rotatable bonds is 3. The molecule has 0 saturated carbocycles. The Morgan fingerprint density at radius 2 is 1.50 bits per heavy atom. The fourth-order valence-electron chi connectivity index (χ4n) is 3.24. The molecule has 0 aliphatic heterocycles. The van der Waals surface area contributed by atoms with Gasteiger partial charge in [-0.05, 0) is 28.4 Å². The molecule has 0 radical (unpaired) electrons. The molecule has 0 amide bonds. The summed E-state index contributed by atoms with van der Waals surface area (Å²) in [5, 5.41) is 3.30. The minimum atomic E-state index is 0.352. The second-order valence-corrected chi connectivity index (χ2v) is 7.02. The van der Waals surface area contributed by atoms with E-state index in [2.05, 4.69) is 34.4 Å². The van der Waals surface area contributed by atoms with Crippen molar-refractivity contribution in [2.75, 3.05) is 0 Å². The summed E-state index contributed by atoms with van der Waals surface area (Å²) in [4.78, 5) is 17.1. The first-order chi connectivity index (χ1) is 12.8. The van der Waals surface area contributed by atoms with Gasteiger partial charge in [-0.1, -0.05) is 78.1 Å². The van der Waals surface area contributed by atoms with Gasteiger partial charge in [-0.15, -0.1) is 4.91 Å². The summed E-state index contributed by atoms with van der Waals surface area (Å²) in [6.45, 7) is 0. The molecule has 0 atom stereocenters. The van der Waals surface area contributed by atoms with Crippen molar-refractivity contribution in [3.05, 3.63) is 83.8 Å². The van der Waals surface area contributed by atoms with Crippen LogP contribution in [0.2, 0.25) is 0 Å². The molecule has 2 heterocycles. The number of thiazole rings is 1. The average molecular weight is 355 g/mol. The Kier molecular flexibility index (Phi) is 3.40. The maximum atomic E-state index is 11.6. The summed E-state index contributed by atoms with van der Waals surface area (Å²) in [6.07, 6.45) is 0. The molecule has 26 heavy (non-hydrogen) atoms. The quantitative estimate of drug-likeness (QED) is 0.357. The minimum Gasteiger partial charge on any atom is -0.264 e. The Morgan fingerprint density at radius 3 is 2.19 bits per heavy atom. The van der Waals surface area contributed by atoms with Crippen LogP contribution in [0.25, 0.3) is 37.6 Å². The fraction of sp³-hybridized carbons (Fsp3) is 0. The molecule has 0 aliphatic carbocycles. The van der Waals surface area contributed by atoms with Gasteiger partial charge in [-0.3, -0.25) is 4.40 Å². The van der Waals surface area contributed by atoms with E-state index in [4.69, 9.17) is 0 Å². The summed E-state index contributed by atoms with van der Waals surface area (Å²) in [5.74, 6) is 0.352. The first-order valence-corrected chi connectivity index (χ1v) is 9.06. The third kappa shape index (κ3) is 2.25. The monoisotopic (exact) mass is 355 g/mol. The number of nitrogens with zero attached hydrogens (tertiary/aromatic N) is 3. The highest BCUT2D eigenvalue weighted by molar-refractivity contribution is 7.23. The minimum absolute atomic E-state index is 0.352. The number of nitroso groups, excluding NO2 is 1. The molecule has 5 rings (SSSR count). The van der Waals surface area contributed by atoms with Crippen LogP contribution in [0.5, 0.6) is 0 Å². The third-order valence-corrected chi connectivity index (χ3v) is 5.47. The second kappa shape index (κ2) is 5.89. The Balaban J connectivity index is 1.74.